The summed E-state index contributed by atoms with van der Waals surface area (Å²) in [6, 6.07) is 20.9. The van der Waals surface area contributed by atoms with Crippen LogP contribution in [0.5, 0.6) is 5.75 Å². The normalized spacial score (nSPS) is 13.4. The third-order valence-electron chi connectivity index (χ3n) is 6.12. The average Bonchev–Trinajstić information content (AvgIpc) is 2.93. The Morgan fingerprint density at radius 1 is 0.914 bits per heavy atom. The maximum atomic E-state index is 13.0. The first-order chi connectivity index (χ1) is 17.1. The summed E-state index contributed by atoms with van der Waals surface area (Å²) < 4.78 is 5.17. The molecule has 35 heavy (non-hydrogen) atoms. The van der Waals surface area contributed by atoms with Crippen LogP contribution in [0.2, 0.25) is 0 Å². The van der Waals surface area contributed by atoms with Crippen LogP contribution in [-0.2, 0) is 4.79 Å². The summed E-state index contributed by atoms with van der Waals surface area (Å²) in [5.74, 6) is 1.32. The molecule has 3 aromatic rings. The second-order valence-electron chi connectivity index (χ2n) is 8.47. The molecule has 0 N–H and O–H groups in total. The van der Waals surface area contributed by atoms with Gasteiger partial charge in [-0.15, -0.1) is 10.2 Å². The van der Waals surface area contributed by atoms with Crippen molar-refractivity contribution in [1.82, 2.24) is 20.0 Å². The van der Waals surface area contributed by atoms with Gasteiger partial charge >= 0.3 is 0 Å². The smallest absolute Gasteiger partial charge is 0.254 e. The van der Waals surface area contributed by atoms with Crippen molar-refractivity contribution in [3.63, 3.8) is 0 Å². The van der Waals surface area contributed by atoms with Crippen LogP contribution in [0.3, 0.4) is 0 Å². The van der Waals surface area contributed by atoms with Crippen LogP contribution in [0.25, 0.3) is 11.3 Å². The van der Waals surface area contributed by atoms with E-state index in [-0.39, 0.29) is 18.4 Å². The molecule has 1 aliphatic heterocycles. The highest BCUT2D eigenvalue weighted by molar-refractivity contribution is 5.96. The van der Waals surface area contributed by atoms with Gasteiger partial charge in [-0.25, -0.2) is 0 Å². The maximum Gasteiger partial charge on any atom is 0.254 e. The number of piperazine rings is 1. The number of carbonyl (C=O) groups excluding carboxylic acids is 2. The van der Waals surface area contributed by atoms with Crippen molar-refractivity contribution in [1.29, 1.82) is 0 Å². The van der Waals surface area contributed by atoms with Crippen molar-refractivity contribution in [2.45, 2.75) is 13.3 Å². The zero-order valence-corrected chi connectivity index (χ0v) is 20.3. The van der Waals surface area contributed by atoms with Crippen LogP contribution in [0.4, 0.5) is 5.82 Å². The molecule has 1 aromatic heterocycles. The Morgan fingerprint density at radius 3 is 2.23 bits per heavy atom. The van der Waals surface area contributed by atoms with E-state index in [2.05, 4.69) is 15.1 Å². The van der Waals surface area contributed by atoms with Gasteiger partial charge in [0.2, 0.25) is 5.91 Å². The number of amides is 2. The van der Waals surface area contributed by atoms with Crippen LogP contribution < -0.4 is 9.64 Å². The fraction of sp³-hybridized carbons (Fsp3) is 0.333. The quantitative estimate of drug-likeness (QED) is 0.499. The Bertz CT molecular complexity index is 1110. The number of aromatic nitrogens is 2. The Hall–Kier alpha value is -3.94. The Labute approximate surface area is 206 Å². The number of hydrogen-bond acceptors (Lipinski definition) is 6. The van der Waals surface area contributed by atoms with Crippen LogP contribution >= 0.6 is 0 Å². The molecule has 0 spiro atoms. The Balaban J connectivity index is 1.33. The first kappa shape index (κ1) is 24.2. The van der Waals surface area contributed by atoms with Crippen molar-refractivity contribution in [3.05, 3.63) is 72.3 Å². The minimum Gasteiger partial charge on any atom is -0.497 e. The Kier molecular flexibility index (Phi) is 7.92. The van der Waals surface area contributed by atoms with Gasteiger partial charge in [0, 0.05) is 43.9 Å². The van der Waals surface area contributed by atoms with E-state index >= 15 is 0 Å². The topological polar surface area (TPSA) is 78.9 Å². The molecule has 4 rings (SSSR count). The highest BCUT2D eigenvalue weighted by Crippen LogP contribution is 2.19. The fourth-order valence-corrected chi connectivity index (χ4v) is 4.14. The van der Waals surface area contributed by atoms with Gasteiger partial charge in [0.25, 0.3) is 5.91 Å². The molecule has 1 aliphatic rings. The van der Waals surface area contributed by atoms with Crippen LogP contribution in [0.1, 0.15) is 23.7 Å². The van der Waals surface area contributed by atoms with E-state index < -0.39 is 0 Å². The monoisotopic (exact) mass is 473 g/mol. The number of anilines is 1. The zero-order chi connectivity index (χ0) is 24.6. The molecule has 0 saturated carbocycles. The number of carbonyl (C=O) groups is 2. The number of methoxy groups -OCH3 is 1. The number of benzene rings is 2. The molecule has 2 aromatic carbocycles. The summed E-state index contributed by atoms with van der Waals surface area (Å²) in [5, 5.41) is 8.77. The van der Waals surface area contributed by atoms with Crippen LogP contribution in [0.15, 0.2) is 66.7 Å². The lowest BCUT2D eigenvalue weighted by Crippen LogP contribution is -2.52. The molecule has 0 aliphatic carbocycles. The minimum atomic E-state index is -0.143. The first-order valence-electron chi connectivity index (χ1n) is 11.9. The Morgan fingerprint density at radius 2 is 1.63 bits per heavy atom. The summed E-state index contributed by atoms with van der Waals surface area (Å²) in [5.41, 5.74) is 2.41. The number of nitrogens with zero attached hydrogens (tertiary/aromatic N) is 5. The molecular formula is C27H31N5O3. The average molecular weight is 474 g/mol. The molecule has 0 atom stereocenters. The summed E-state index contributed by atoms with van der Waals surface area (Å²) >= 11 is 0. The fourth-order valence-electron chi connectivity index (χ4n) is 4.14. The van der Waals surface area contributed by atoms with Gasteiger partial charge in [0.15, 0.2) is 5.82 Å². The number of hydrogen-bond donors (Lipinski definition) is 0. The van der Waals surface area contributed by atoms with Crippen molar-refractivity contribution < 1.29 is 14.3 Å². The van der Waals surface area contributed by atoms with Crippen molar-refractivity contribution in [3.8, 4) is 17.0 Å². The molecule has 2 amide bonds. The summed E-state index contributed by atoms with van der Waals surface area (Å²) in [6.45, 7) is 5.11. The zero-order valence-electron chi connectivity index (χ0n) is 20.3. The molecule has 1 saturated heterocycles. The van der Waals surface area contributed by atoms with E-state index in [4.69, 9.17) is 4.74 Å². The maximum absolute atomic E-state index is 13.0. The van der Waals surface area contributed by atoms with Gasteiger partial charge in [0.1, 0.15) is 12.3 Å². The van der Waals surface area contributed by atoms with Crippen LogP contribution in [-0.4, -0.2) is 78.2 Å². The summed E-state index contributed by atoms with van der Waals surface area (Å²) in [6.07, 6.45) is 0.778. The molecule has 182 valence electrons. The van der Waals surface area contributed by atoms with Gasteiger partial charge in [0.05, 0.1) is 12.8 Å². The molecule has 2 heterocycles. The first-order valence-corrected chi connectivity index (χ1v) is 11.9. The number of rotatable bonds is 8. The van der Waals surface area contributed by atoms with E-state index in [1.165, 1.54) is 0 Å². The molecule has 8 heteroatoms. The third-order valence-corrected chi connectivity index (χ3v) is 6.12. The third kappa shape index (κ3) is 5.95. The molecule has 0 bridgehead atoms. The molecular weight excluding hydrogens is 442 g/mol. The molecule has 0 unspecified atom stereocenters. The van der Waals surface area contributed by atoms with Gasteiger partial charge < -0.3 is 19.4 Å². The lowest BCUT2D eigenvalue weighted by molar-refractivity contribution is -0.132. The highest BCUT2D eigenvalue weighted by Gasteiger charge is 2.25. The van der Waals surface area contributed by atoms with Gasteiger partial charge in [-0.05, 0) is 42.8 Å². The van der Waals surface area contributed by atoms with Crippen molar-refractivity contribution >= 4 is 17.6 Å². The molecule has 8 nitrogen and oxygen atoms in total. The summed E-state index contributed by atoms with van der Waals surface area (Å²) in [7, 11) is 1.59. The summed E-state index contributed by atoms with van der Waals surface area (Å²) in [4.78, 5) is 31.6. The minimum absolute atomic E-state index is 0.0366. The van der Waals surface area contributed by atoms with E-state index in [1.807, 2.05) is 54.3 Å². The molecule has 0 radical (unpaired) electrons. The lowest BCUT2D eigenvalue weighted by Gasteiger charge is -2.36. The van der Waals surface area contributed by atoms with E-state index in [1.54, 1.807) is 36.3 Å². The number of ether oxygens (including phenoxy) is 1. The predicted molar refractivity (Wildman–Crippen MR) is 135 cm³/mol. The van der Waals surface area contributed by atoms with Crippen LogP contribution in [0, 0.1) is 0 Å². The van der Waals surface area contributed by atoms with Crippen molar-refractivity contribution in [2.24, 2.45) is 0 Å². The standard InChI is InChI=1S/C27H31N5O3/c1-3-15-32(27(34)22-9-11-23(35-2)12-10-22)20-26(33)31-18-16-30(17-19-31)25-14-13-24(28-29-25)21-7-5-4-6-8-21/h4-14H,3,15-20H2,1-2H3. The second kappa shape index (κ2) is 11.5. The van der Waals surface area contributed by atoms with E-state index in [0.717, 1.165) is 23.5 Å². The van der Waals surface area contributed by atoms with Gasteiger partial charge in [-0.2, -0.15) is 0 Å². The largest absolute Gasteiger partial charge is 0.497 e. The highest BCUT2D eigenvalue weighted by atomic mass is 16.5. The molecule has 1 fully saturated rings. The van der Waals surface area contributed by atoms with E-state index in [9.17, 15) is 9.59 Å². The second-order valence-corrected chi connectivity index (χ2v) is 8.47. The van der Waals surface area contributed by atoms with E-state index in [0.29, 0.717) is 44.0 Å². The lowest BCUT2D eigenvalue weighted by atomic mass is 10.1. The van der Waals surface area contributed by atoms with Crippen molar-refractivity contribution in [2.75, 3.05) is 51.3 Å². The predicted octanol–water partition coefficient (Wildman–Crippen LogP) is 3.35. The van der Waals surface area contributed by atoms with Gasteiger partial charge in [-0.3, -0.25) is 9.59 Å². The SMILES string of the molecule is CCCN(CC(=O)N1CCN(c2ccc(-c3ccccc3)nn2)CC1)C(=O)c1ccc(OC)cc1. The van der Waals surface area contributed by atoms with Gasteiger partial charge in [-0.1, -0.05) is 37.3 Å².